The third-order valence-corrected chi connectivity index (χ3v) is 3.16. The monoisotopic (exact) mass is 377 g/mol. The van der Waals surface area contributed by atoms with Gasteiger partial charge in [0, 0.05) is 5.02 Å². The molecular weight excluding hydrogens is 366 g/mol. The van der Waals surface area contributed by atoms with E-state index in [0.29, 0.717) is 20.9 Å². The van der Waals surface area contributed by atoms with Crippen molar-refractivity contribution in [1.82, 2.24) is 0 Å². The van der Waals surface area contributed by atoms with Crippen molar-refractivity contribution >= 4 is 45.2 Å². The van der Waals surface area contributed by atoms with Gasteiger partial charge >= 0.3 is 11.9 Å². The Kier molecular flexibility index (Phi) is 6.51. The van der Waals surface area contributed by atoms with Gasteiger partial charge in [0.15, 0.2) is 5.75 Å². The average molecular weight is 379 g/mol. The first-order valence-electron chi connectivity index (χ1n) is 5.61. The maximum atomic E-state index is 11.7. The molecule has 0 aliphatic rings. The number of rotatable bonds is 5. The molecule has 0 aromatic heterocycles. The quantitative estimate of drug-likeness (QED) is 0.627. The predicted octanol–water partition coefficient (Wildman–Crippen LogP) is 2.75. The first kappa shape index (κ1) is 17.3. The van der Waals surface area contributed by atoms with Crippen molar-refractivity contribution in [1.29, 1.82) is 0 Å². The molecule has 0 aliphatic carbocycles. The largest absolute Gasteiger partial charge is 0.493 e. The van der Waals surface area contributed by atoms with E-state index in [1.165, 1.54) is 21.3 Å². The summed E-state index contributed by atoms with van der Waals surface area (Å²) in [4.78, 5) is 23.0. The van der Waals surface area contributed by atoms with Crippen LogP contribution in [0.1, 0.15) is 0 Å². The molecule has 0 radical (unpaired) electrons. The van der Waals surface area contributed by atoms with Crippen molar-refractivity contribution in [3.63, 3.8) is 0 Å². The van der Waals surface area contributed by atoms with Crippen LogP contribution in [0.4, 0.5) is 5.69 Å². The minimum atomic E-state index is -0.737. The highest BCUT2D eigenvalue weighted by Crippen LogP contribution is 2.37. The lowest BCUT2D eigenvalue weighted by atomic mass is 10.2. The summed E-state index contributed by atoms with van der Waals surface area (Å²) in [6.07, 6.45) is 0.972. The van der Waals surface area contributed by atoms with E-state index in [4.69, 9.17) is 16.3 Å². The normalized spacial score (nSPS) is 10.8. The summed E-state index contributed by atoms with van der Waals surface area (Å²) in [5.41, 5.74) is 0.272. The second-order valence-corrected chi connectivity index (χ2v) is 4.96. The Labute approximate surface area is 135 Å². The molecular formula is C13H13BrClNO5. The van der Waals surface area contributed by atoms with Crippen LogP contribution in [0.25, 0.3) is 0 Å². The fraction of sp³-hybridized carbons (Fsp3) is 0.231. The van der Waals surface area contributed by atoms with Crippen LogP contribution in [0, 0.1) is 0 Å². The number of benzene rings is 1. The van der Waals surface area contributed by atoms with Crippen LogP contribution >= 0.6 is 27.5 Å². The van der Waals surface area contributed by atoms with E-state index < -0.39 is 11.9 Å². The average Bonchev–Trinajstić information content (AvgIpc) is 2.45. The molecule has 0 atom stereocenters. The molecule has 0 saturated heterocycles. The summed E-state index contributed by atoms with van der Waals surface area (Å²) in [5.74, 6) is -1.03. The molecule has 0 bridgehead atoms. The van der Waals surface area contributed by atoms with Crippen molar-refractivity contribution in [3.8, 4) is 5.75 Å². The fourth-order valence-corrected chi connectivity index (χ4v) is 2.41. The second-order valence-electron chi connectivity index (χ2n) is 3.67. The Hall–Kier alpha value is -1.73. The van der Waals surface area contributed by atoms with E-state index in [1.54, 1.807) is 12.1 Å². The maximum Gasteiger partial charge on any atom is 0.354 e. The lowest BCUT2D eigenvalue weighted by Gasteiger charge is -2.14. The zero-order chi connectivity index (χ0) is 16.0. The minimum Gasteiger partial charge on any atom is -0.493 e. The third-order valence-electron chi connectivity index (χ3n) is 2.35. The Balaban J connectivity index is 3.24. The van der Waals surface area contributed by atoms with Gasteiger partial charge in [-0.25, -0.2) is 9.59 Å². The van der Waals surface area contributed by atoms with Crippen LogP contribution in [0.5, 0.6) is 5.75 Å². The van der Waals surface area contributed by atoms with Gasteiger partial charge in [-0.2, -0.15) is 0 Å². The molecule has 6 nitrogen and oxygen atoms in total. The van der Waals surface area contributed by atoms with Crippen LogP contribution in [0.2, 0.25) is 5.02 Å². The number of hydrogen-bond acceptors (Lipinski definition) is 6. The highest BCUT2D eigenvalue weighted by molar-refractivity contribution is 9.10. The molecule has 21 heavy (non-hydrogen) atoms. The Morgan fingerprint density at radius 1 is 1.24 bits per heavy atom. The maximum absolute atomic E-state index is 11.7. The summed E-state index contributed by atoms with van der Waals surface area (Å²) in [7, 11) is 3.85. The highest BCUT2D eigenvalue weighted by atomic mass is 79.9. The smallest absolute Gasteiger partial charge is 0.354 e. The molecule has 0 fully saturated rings. The van der Waals surface area contributed by atoms with Crippen LogP contribution in [0.3, 0.4) is 0 Å². The Morgan fingerprint density at radius 3 is 2.43 bits per heavy atom. The van der Waals surface area contributed by atoms with Gasteiger partial charge in [0.05, 0.1) is 37.6 Å². The van der Waals surface area contributed by atoms with E-state index in [1.807, 2.05) is 0 Å². The summed E-state index contributed by atoms with van der Waals surface area (Å²) >= 11 is 9.25. The number of anilines is 1. The number of esters is 2. The topological polar surface area (TPSA) is 73.9 Å². The number of ether oxygens (including phenoxy) is 3. The molecule has 1 aromatic rings. The first-order valence-corrected chi connectivity index (χ1v) is 6.78. The molecule has 0 saturated carbocycles. The number of nitrogens with one attached hydrogen (secondary N) is 1. The van der Waals surface area contributed by atoms with Crippen molar-refractivity contribution in [3.05, 3.63) is 33.4 Å². The zero-order valence-electron chi connectivity index (χ0n) is 11.5. The molecule has 0 heterocycles. The van der Waals surface area contributed by atoms with Gasteiger partial charge in [0.25, 0.3) is 0 Å². The van der Waals surface area contributed by atoms with Crippen LogP contribution in [-0.4, -0.2) is 33.3 Å². The van der Waals surface area contributed by atoms with E-state index in [9.17, 15) is 9.59 Å². The number of carbonyl (C=O) groups excluding carboxylic acids is 2. The van der Waals surface area contributed by atoms with Crippen molar-refractivity contribution in [2.24, 2.45) is 0 Å². The van der Waals surface area contributed by atoms with Gasteiger partial charge in [-0.15, -0.1) is 0 Å². The molecule has 0 unspecified atom stereocenters. The fourth-order valence-electron chi connectivity index (χ4n) is 1.44. The molecule has 1 rings (SSSR count). The molecule has 0 aliphatic heterocycles. The van der Waals surface area contributed by atoms with Gasteiger partial charge in [-0.1, -0.05) is 11.6 Å². The summed E-state index contributed by atoms with van der Waals surface area (Å²) < 4.78 is 14.9. The second kappa shape index (κ2) is 7.90. The van der Waals surface area contributed by atoms with Crippen molar-refractivity contribution in [2.45, 2.75) is 0 Å². The molecule has 114 valence electrons. The van der Waals surface area contributed by atoms with Crippen LogP contribution in [-0.2, 0) is 19.1 Å². The van der Waals surface area contributed by atoms with Crippen LogP contribution in [0.15, 0.2) is 28.4 Å². The van der Waals surface area contributed by atoms with Gasteiger partial charge in [0.1, 0.15) is 5.70 Å². The number of methoxy groups -OCH3 is 3. The van der Waals surface area contributed by atoms with Gasteiger partial charge in [-0.3, -0.25) is 0 Å². The zero-order valence-corrected chi connectivity index (χ0v) is 13.9. The Morgan fingerprint density at radius 2 is 1.90 bits per heavy atom. The predicted molar refractivity (Wildman–Crippen MR) is 81.4 cm³/mol. The van der Waals surface area contributed by atoms with E-state index in [2.05, 4.69) is 30.7 Å². The lowest BCUT2D eigenvalue weighted by molar-refractivity contribution is -0.138. The number of carbonyl (C=O) groups is 2. The molecule has 8 heteroatoms. The highest BCUT2D eigenvalue weighted by Gasteiger charge is 2.17. The summed E-state index contributed by atoms with van der Waals surface area (Å²) in [6, 6.07) is 3.17. The number of halogens is 2. The molecule has 1 N–H and O–H groups in total. The first-order chi connectivity index (χ1) is 9.92. The van der Waals surface area contributed by atoms with Gasteiger partial charge < -0.3 is 19.5 Å². The van der Waals surface area contributed by atoms with E-state index in [0.717, 1.165) is 6.08 Å². The van der Waals surface area contributed by atoms with E-state index >= 15 is 0 Å². The van der Waals surface area contributed by atoms with Crippen LogP contribution < -0.4 is 10.1 Å². The molecule has 1 aromatic carbocycles. The summed E-state index contributed by atoms with van der Waals surface area (Å²) in [6.45, 7) is 0. The number of hydrogen-bond donors (Lipinski definition) is 1. The van der Waals surface area contributed by atoms with Crippen molar-refractivity contribution in [2.75, 3.05) is 26.6 Å². The summed E-state index contributed by atoms with van der Waals surface area (Å²) in [5, 5.41) is 3.15. The third kappa shape index (κ3) is 4.64. The Bertz CT molecular complexity index is 588. The molecule has 0 amide bonds. The van der Waals surface area contributed by atoms with Crippen molar-refractivity contribution < 1.29 is 23.8 Å². The van der Waals surface area contributed by atoms with Gasteiger partial charge in [-0.05, 0) is 28.1 Å². The standard InChI is InChI=1S/C13H13BrClNO5/c1-19-11(17)6-10(13(18)21-3)16-9-5-7(15)4-8(14)12(9)20-2/h4-6,16H,1-3H3/b10-6+. The SMILES string of the molecule is COC(=O)/C=C(/Nc1cc(Cl)cc(Br)c1OC)C(=O)OC. The molecule has 0 spiro atoms. The van der Waals surface area contributed by atoms with E-state index in [-0.39, 0.29) is 5.70 Å². The lowest BCUT2D eigenvalue weighted by Crippen LogP contribution is -2.16. The van der Waals surface area contributed by atoms with Gasteiger partial charge in [0.2, 0.25) is 0 Å². The minimum absolute atomic E-state index is 0.114.